The van der Waals surface area contributed by atoms with Gasteiger partial charge in [0.05, 0.1) is 0 Å². The Bertz CT molecular complexity index is 500. The molecule has 2 N–H and O–H groups in total. The summed E-state index contributed by atoms with van der Waals surface area (Å²) in [6.45, 7) is 4.59. The normalized spacial score (nSPS) is 23.1. The molecule has 0 radical (unpaired) electrons. The van der Waals surface area contributed by atoms with Gasteiger partial charge in [-0.2, -0.15) is 0 Å². The number of rotatable bonds is 5. The fourth-order valence-electron chi connectivity index (χ4n) is 3.96. The first-order valence-corrected chi connectivity index (χ1v) is 10.4. The molecule has 1 saturated heterocycles. The maximum atomic E-state index is 4.43. The Morgan fingerprint density at radius 2 is 2.08 bits per heavy atom. The fourth-order valence-corrected chi connectivity index (χ4v) is 4.71. The number of hydrogen-bond acceptors (Lipinski definition) is 3. The second kappa shape index (κ2) is 11.4. The van der Waals surface area contributed by atoms with Crippen LogP contribution in [-0.2, 0) is 6.54 Å². The van der Waals surface area contributed by atoms with E-state index in [0.29, 0.717) is 6.04 Å². The zero-order valence-electron chi connectivity index (χ0n) is 15.4. The van der Waals surface area contributed by atoms with E-state index >= 15 is 0 Å². The van der Waals surface area contributed by atoms with Gasteiger partial charge in [-0.25, -0.2) is 0 Å². The van der Waals surface area contributed by atoms with Crippen LogP contribution in [0.3, 0.4) is 0 Å². The molecule has 2 heterocycles. The van der Waals surface area contributed by atoms with Gasteiger partial charge in [0.2, 0.25) is 0 Å². The van der Waals surface area contributed by atoms with Gasteiger partial charge in [0.1, 0.15) is 0 Å². The number of halogens is 1. The molecule has 3 rings (SSSR count). The van der Waals surface area contributed by atoms with Crippen molar-refractivity contribution in [3.05, 3.63) is 22.4 Å². The predicted molar refractivity (Wildman–Crippen MR) is 119 cm³/mol. The molecule has 25 heavy (non-hydrogen) atoms. The highest BCUT2D eigenvalue weighted by Gasteiger charge is 2.21. The molecule has 2 fully saturated rings. The van der Waals surface area contributed by atoms with E-state index in [1.165, 1.54) is 62.9 Å². The molecule has 1 aromatic heterocycles. The summed E-state index contributed by atoms with van der Waals surface area (Å²) < 4.78 is 0. The average Bonchev–Trinajstić information content (AvgIpc) is 3.13. The number of thiophene rings is 1. The van der Waals surface area contributed by atoms with E-state index in [1.807, 2.05) is 18.4 Å². The summed E-state index contributed by atoms with van der Waals surface area (Å²) in [6.07, 6.45) is 9.33. The zero-order chi connectivity index (χ0) is 16.6. The van der Waals surface area contributed by atoms with Crippen molar-refractivity contribution in [2.45, 2.75) is 57.5 Å². The third-order valence-corrected chi connectivity index (χ3v) is 6.15. The van der Waals surface area contributed by atoms with E-state index in [-0.39, 0.29) is 24.0 Å². The van der Waals surface area contributed by atoms with Gasteiger partial charge < -0.3 is 10.6 Å². The maximum Gasteiger partial charge on any atom is 0.191 e. The Morgan fingerprint density at radius 1 is 1.24 bits per heavy atom. The van der Waals surface area contributed by atoms with Gasteiger partial charge in [-0.3, -0.25) is 9.89 Å². The third-order valence-electron chi connectivity index (χ3n) is 5.29. The van der Waals surface area contributed by atoms with Gasteiger partial charge >= 0.3 is 0 Å². The zero-order valence-corrected chi connectivity index (χ0v) is 18.5. The van der Waals surface area contributed by atoms with E-state index in [2.05, 4.69) is 38.0 Å². The van der Waals surface area contributed by atoms with Gasteiger partial charge in [0, 0.05) is 37.6 Å². The maximum absolute atomic E-state index is 4.43. The standard InChI is InChI=1S/C19H32N4S.HI/c1-20-19(22-17-8-3-2-4-9-17)21-13-16-7-5-11-23(14-16)15-18-10-6-12-24-18;/h6,10,12,16-17H,2-5,7-9,11,13-15H2,1H3,(H2,20,21,22);1H. The van der Waals surface area contributed by atoms with E-state index < -0.39 is 0 Å². The fraction of sp³-hybridized carbons (Fsp3) is 0.737. The summed E-state index contributed by atoms with van der Waals surface area (Å²) in [4.78, 5) is 8.52. The van der Waals surface area contributed by atoms with Crippen LogP contribution in [-0.4, -0.2) is 43.6 Å². The smallest absolute Gasteiger partial charge is 0.191 e. The van der Waals surface area contributed by atoms with Crippen molar-refractivity contribution in [1.82, 2.24) is 15.5 Å². The highest BCUT2D eigenvalue weighted by atomic mass is 127. The molecular formula is C19H33IN4S. The molecule has 142 valence electrons. The van der Waals surface area contributed by atoms with Crippen molar-refractivity contribution >= 4 is 41.3 Å². The SMILES string of the molecule is CN=C(NCC1CCCN(Cc2cccs2)C1)NC1CCCCC1.I. The average molecular weight is 476 g/mol. The van der Waals surface area contributed by atoms with Crippen LogP contribution in [0.25, 0.3) is 0 Å². The van der Waals surface area contributed by atoms with Crippen LogP contribution in [0.5, 0.6) is 0 Å². The van der Waals surface area contributed by atoms with Crippen LogP contribution >= 0.6 is 35.3 Å². The quantitative estimate of drug-likeness (QED) is 0.382. The topological polar surface area (TPSA) is 39.7 Å². The Hall–Kier alpha value is -0.340. The number of hydrogen-bond donors (Lipinski definition) is 2. The second-order valence-electron chi connectivity index (χ2n) is 7.26. The number of aliphatic imine (C=N–C) groups is 1. The van der Waals surface area contributed by atoms with Gasteiger partial charge in [0.25, 0.3) is 0 Å². The Kier molecular flexibility index (Phi) is 9.55. The molecule has 0 amide bonds. The molecule has 1 unspecified atom stereocenters. The van der Waals surface area contributed by atoms with Crippen LogP contribution < -0.4 is 10.6 Å². The van der Waals surface area contributed by atoms with Crippen LogP contribution in [0, 0.1) is 5.92 Å². The molecular weight excluding hydrogens is 443 g/mol. The van der Waals surface area contributed by atoms with Crippen LogP contribution in [0.2, 0.25) is 0 Å². The van der Waals surface area contributed by atoms with Crippen LogP contribution in [0.15, 0.2) is 22.5 Å². The van der Waals surface area contributed by atoms with Crippen molar-refractivity contribution in [1.29, 1.82) is 0 Å². The minimum absolute atomic E-state index is 0. The van der Waals surface area contributed by atoms with Gasteiger partial charge in [-0.05, 0) is 49.6 Å². The number of nitrogens with zero attached hydrogens (tertiary/aromatic N) is 2. The number of guanidine groups is 1. The number of likely N-dealkylation sites (tertiary alicyclic amines) is 1. The molecule has 2 aliphatic rings. The molecule has 4 nitrogen and oxygen atoms in total. The van der Waals surface area contributed by atoms with Crippen LogP contribution in [0.4, 0.5) is 0 Å². The third kappa shape index (κ3) is 7.06. The van der Waals surface area contributed by atoms with Crippen molar-refractivity contribution < 1.29 is 0 Å². The Labute approximate surface area is 173 Å². The summed E-state index contributed by atoms with van der Waals surface area (Å²) in [7, 11) is 1.89. The number of nitrogens with one attached hydrogen (secondary N) is 2. The molecule has 1 atom stereocenters. The van der Waals surface area contributed by atoms with Crippen LogP contribution in [0.1, 0.15) is 49.8 Å². The lowest BCUT2D eigenvalue weighted by Gasteiger charge is -2.33. The monoisotopic (exact) mass is 476 g/mol. The summed E-state index contributed by atoms with van der Waals surface area (Å²) in [5, 5.41) is 9.38. The molecule has 6 heteroatoms. The van der Waals surface area contributed by atoms with E-state index in [9.17, 15) is 0 Å². The molecule has 1 aliphatic heterocycles. The molecule has 0 bridgehead atoms. The number of piperidine rings is 1. The molecule has 0 spiro atoms. The second-order valence-corrected chi connectivity index (χ2v) is 8.29. The Morgan fingerprint density at radius 3 is 2.80 bits per heavy atom. The molecule has 0 aromatic carbocycles. The van der Waals surface area contributed by atoms with Gasteiger partial charge in [-0.15, -0.1) is 35.3 Å². The summed E-state index contributed by atoms with van der Waals surface area (Å²) >= 11 is 1.87. The lowest BCUT2D eigenvalue weighted by Crippen LogP contribution is -2.47. The summed E-state index contributed by atoms with van der Waals surface area (Å²) in [5.74, 6) is 1.72. The largest absolute Gasteiger partial charge is 0.356 e. The van der Waals surface area contributed by atoms with Gasteiger partial charge in [0.15, 0.2) is 5.96 Å². The molecule has 1 aliphatic carbocycles. The first kappa shape index (κ1) is 21.0. The Balaban J connectivity index is 0.00000225. The minimum atomic E-state index is 0. The minimum Gasteiger partial charge on any atom is -0.356 e. The molecule has 1 saturated carbocycles. The van der Waals surface area contributed by atoms with Crippen molar-refractivity contribution in [2.75, 3.05) is 26.7 Å². The highest BCUT2D eigenvalue weighted by molar-refractivity contribution is 14.0. The first-order chi connectivity index (χ1) is 11.8. The van der Waals surface area contributed by atoms with Crippen molar-refractivity contribution in [2.24, 2.45) is 10.9 Å². The molecule has 1 aromatic rings. The lowest BCUT2D eigenvalue weighted by atomic mass is 9.95. The summed E-state index contributed by atoms with van der Waals surface area (Å²) in [5.41, 5.74) is 0. The summed E-state index contributed by atoms with van der Waals surface area (Å²) in [6, 6.07) is 5.03. The van der Waals surface area contributed by atoms with E-state index in [4.69, 9.17) is 0 Å². The predicted octanol–water partition coefficient (Wildman–Crippen LogP) is 4.08. The van der Waals surface area contributed by atoms with E-state index in [0.717, 1.165) is 25.0 Å². The lowest BCUT2D eigenvalue weighted by molar-refractivity contribution is 0.169. The highest BCUT2D eigenvalue weighted by Crippen LogP contribution is 2.20. The van der Waals surface area contributed by atoms with Gasteiger partial charge in [-0.1, -0.05) is 25.3 Å². The van der Waals surface area contributed by atoms with E-state index in [1.54, 1.807) is 0 Å². The van der Waals surface area contributed by atoms with Crippen molar-refractivity contribution in [3.8, 4) is 0 Å². The first-order valence-electron chi connectivity index (χ1n) is 9.55. The van der Waals surface area contributed by atoms with Crippen molar-refractivity contribution in [3.63, 3.8) is 0 Å².